The van der Waals surface area contributed by atoms with Crippen LogP contribution in [0.5, 0.6) is 11.5 Å². The van der Waals surface area contributed by atoms with Crippen LogP contribution >= 0.6 is 11.6 Å². The second-order valence-electron chi connectivity index (χ2n) is 4.16. The maximum absolute atomic E-state index is 6.22. The van der Waals surface area contributed by atoms with Gasteiger partial charge in [0.2, 0.25) is 0 Å². The van der Waals surface area contributed by atoms with Crippen LogP contribution in [0.1, 0.15) is 5.56 Å². The van der Waals surface area contributed by atoms with E-state index in [0.717, 1.165) is 16.7 Å². The van der Waals surface area contributed by atoms with Crippen molar-refractivity contribution < 1.29 is 9.47 Å². The topological polar surface area (TPSA) is 62.3 Å². The van der Waals surface area contributed by atoms with E-state index in [1.165, 1.54) is 0 Å². The maximum atomic E-state index is 6.22. The molecule has 19 heavy (non-hydrogen) atoms. The molecule has 1 aromatic heterocycles. The molecular weight excluding hydrogens is 266 g/mol. The number of methoxy groups -OCH3 is 2. The van der Waals surface area contributed by atoms with Gasteiger partial charge in [-0.05, 0) is 18.6 Å². The Labute approximate surface area is 116 Å². The first-order valence-corrected chi connectivity index (χ1v) is 6.08. The fourth-order valence-corrected chi connectivity index (χ4v) is 2.34. The van der Waals surface area contributed by atoms with Crippen LogP contribution in [0, 0.1) is 6.92 Å². The standard InChI is InChI=1S/C13H16ClN3O2/c1-7-8(9-6-16-17(2)13(9)15)5-10(14)12(19-4)11(7)18-3/h5-6H,15H2,1-4H3. The summed E-state index contributed by atoms with van der Waals surface area (Å²) >= 11 is 6.22. The van der Waals surface area contributed by atoms with Gasteiger partial charge in [0.15, 0.2) is 11.5 Å². The van der Waals surface area contributed by atoms with Crippen molar-refractivity contribution in [2.45, 2.75) is 6.92 Å². The minimum atomic E-state index is 0.475. The third-order valence-corrected chi connectivity index (χ3v) is 3.40. The van der Waals surface area contributed by atoms with Crippen molar-refractivity contribution in [3.05, 3.63) is 22.8 Å². The Morgan fingerprint density at radius 1 is 1.21 bits per heavy atom. The van der Waals surface area contributed by atoms with Gasteiger partial charge in [0.1, 0.15) is 5.82 Å². The number of aryl methyl sites for hydroxylation is 1. The minimum absolute atomic E-state index is 0.475. The van der Waals surface area contributed by atoms with Gasteiger partial charge in [0.25, 0.3) is 0 Å². The van der Waals surface area contributed by atoms with E-state index < -0.39 is 0 Å². The van der Waals surface area contributed by atoms with Gasteiger partial charge in [-0.3, -0.25) is 4.68 Å². The van der Waals surface area contributed by atoms with Crippen molar-refractivity contribution in [2.24, 2.45) is 7.05 Å². The van der Waals surface area contributed by atoms with Crippen LogP contribution < -0.4 is 15.2 Å². The zero-order valence-corrected chi connectivity index (χ0v) is 12.1. The number of nitrogen functional groups attached to an aromatic ring is 1. The molecule has 1 aromatic carbocycles. The minimum Gasteiger partial charge on any atom is -0.493 e. The normalized spacial score (nSPS) is 10.6. The van der Waals surface area contributed by atoms with Crippen molar-refractivity contribution in [3.63, 3.8) is 0 Å². The molecule has 5 nitrogen and oxygen atoms in total. The molecule has 0 saturated heterocycles. The fraction of sp³-hybridized carbons (Fsp3) is 0.308. The zero-order chi connectivity index (χ0) is 14.2. The van der Waals surface area contributed by atoms with Gasteiger partial charge in [-0.1, -0.05) is 11.6 Å². The van der Waals surface area contributed by atoms with Gasteiger partial charge in [0, 0.05) is 18.2 Å². The van der Waals surface area contributed by atoms with E-state index in [4.69, 9.17) is 26.8 Å². The summed E-state index contributed by atoms with van der Waals surface area (Å²) < 4.78 is 12.3. The number of benzene rings is 1. The number of nitrogens with two attached hydrogens (primary N) is 1. The first kappa shape index (κ1) is 13.5. The summed E-state index contributed by atoms with van der Waals surface area (Å²) in [5, 5.41) is 4.61. The van der Waals surface area contributed by atoms with Gasteiger partial charge >= 0.3 is 0 Å². The van der Waals surface area contributed by atoms with E-state index in [2.05, 4.69) is 5.10 Å². The van der Waals surface area contributed by atoms with E-state index in [1.54, 1.807) is 32.1 Å². The number of anilines is 1. The fourth-order valence-electron chi connectivity index (χ4n) is 2.07. The summed E-state index contributed by atoms with van der Waals surface area (Å²) in [5.74, 6) is 1.70. The molecule has 2 aromatic rings. The summed E-state index contributed by atoms with van der Waals surface area (Å²) in [6.07, 6.45) is 1.71. The van der Waals surface area contributed by atoms with Crippen LogP contribution in [-0.2, 0) is 7.05 Å². The molecule has 1 heterocycles. The van der Waals surface area contributed by atoms with Crippen molar-refractivity contribution in [2.75, 3.05) is 20.0 Å². The predicted molar refractivity (Wildman–Crippen MR) is 75.9 cm³/mol. The molecule has 0 fully saturated rings. The number of rotatable bonds is 3. The molecule has 2 rings (SSSR count). The molecular formula is C13H16ClN3O2. The largest absolute Gasteiger partial charge is 0.493 e. The first-order valence-electron chi connectivity index (χ1n) is 5.70. The molecule has 0 amide bonds. The highest BCUT2D eigenvalue weighted by molar-refractivity contribution is 6.32. The van der Waals surface area contributed by atoms with Crippen LogP contribution in [0.15, 0.2) is 12.3 Å². The van der Waals surface area contributed by atoms with Crippen LogP contribution in [0.4, 0.5) is 5.82 Å². The van der Waals surface area contributed by atoms with Gasteiger partial charge in [-0.25, -0.2) is 0 Å². The van der Waals surface area contributed by atoms with Gasteiger partial charge in [0.05, 0.1) is 25.4 Å². The molecule has 0 aliphatic heterocycles. The Balaban J connectivity index is 2.72. The Kier molecular flexibility index (Phi) is 3.57. The SMILES string of the molecule is COc1c(Cl)cc(-c2cnn(C)c2N)c(C)c1OC. The summed E-state index contributed by atoms with van der Waals surface area (Å²) in [4.78, 5) is 0. The molecule has 0 aliphatic rings. The predicted octanol–water partition coefficient (Wildman–Crippen LogP) is 2.65. The van der Waals surface area contributed by atoms with Crippen molar-refractivity contribution >= 4 is 17.4 Å². The molecule has 0 unspecified atom stereocenters. The van der Waals surface area contributed by atoms with Gasteiger partial charge < -0.3 is 15.2 Å². The number of hydrogen-bond donors (Lipinski definition) is 1. The number of aromatic nitrogens is 2. The molecule has 0 aliphatic carbocycles. The summed E-state index contributed by atoms with van der Waals surface area (Å²) in [6, 6.07) is 1.81. The monoisotopic (exact) mass is 281 g/mol. The van der Waals surface area contributed by atoms with E-state index in [1.807, 2.05) is 13.0 Å². The lowest BCUT2D eigenvalue weighted by Gasteiger charge is -2.15. The number of halogens is 1. The summed E-state index contributed by atoms with van der Waals surface area (Å²) in [7, 11) is 4.93. The molecule has 0 spiro atoms. The van der Waals surface area contributed by atoms with E-state index >= 15 is 0 Å². The van der Waals surface area contributed by atoms with Crippen LogP contribution in [0.3, 0.4) is 0 Å². The third-order valence-electron chi connectivity index (χ3n) is 3.12. The van der Waals surface area contributed by atoms with Crippen molar-refractivity contribution in [3.8, 4) is 22.6 Å². The lowest BCUT2D eigenvalue weighted by molar-refractivity contribution is 0.353. The lowest BCUT2D eigenvalue weighted by Crippen LogP contribution is -2.00. The molecule has 0 saturated carbocycles. The van der Waals surface area contributed by atoms with E-state index in [0.29, 0.717) is 22.3 Å². The summed E-state index contributed by atoms with van der Waals surface area (Å²) in [5.41, 5.74) is 8.61. The summed E-state index contributed by atoms with van der Waals surface area (Å²) in [6.45, 7) is 1.93. The highest BCUT2D eigenvalue weighted by Crippen LogP contribution is 2.43. The van der Waals surface area contributed by atoms with Crippen molar-refractivity contribution in [1.29, 1.82) is 0 Å². The highest BCUT2D eigenvalue weighted by Gasteiger charge is 2.19. The average Bonchev–Trinajstić information content (AvgIpc) is 2.72. The highest BCUT2D eigenvalue weighted by atomic mass is 35.5. The maximum Gasteiger partial charge on any atom is 0.179 e. The Hall–Kier alpha value is -1.88. The van der Waals surface area contributed by atoms with E-state index in [9.17, 15) is 0 Å². The number of ether oxygens (including phenoxy) is 2. The smallest absolute Gasteiger partial charge is 0.179 e. The molecule has 0 atom stereocenters. The van der Waals surface area contributed by atoms with Crippen LogP contribution in [0.2, 0.25) is 5.02 Å². The molecule has 0 bridgehead atoms. The van der Waals surface area contributed by atoms with Crippen LogP contribution in [-0.4, -0.2) is 24.0 Å². The van der Waals surface area contributed by atoms with Crippen LogP contribution in [0.25, 0.3) is 11.1 Å². The lowest BCUT2D eigenvalue weighted by atomic mass is 10.0. The van der Waals surface area contributed by atoms with E-state index in [-0.39, 0.29) is 0 Å². The second kappa shape index (κ2) is 5.01. The van der Waals surface area contributed by atoms with Gasteiger partial charge in [-0.2, -0.15) is 5.10 Å². The Morgan fingerprint density at radius 2 is 1.84 bits per heavy atom. The molecule has 0 radical (unpaired) electrons. The second-order valence-corrected chi connectivity index (χ2v) is 4.57. The Bertz CT molecular complexity index is 623. The zero-order valence-electron chi connectivity index (χ0n) is 11.3. The Morgan fingerprint density at radius 3 is 2.32 bits per heavy atom. The number of hydrogen-bond acceptors (Lipinski definition) is 4. The quantitative estimate of drug-likeness (QED) is 0.939. The third kappa shape index (κ3) is 2.10. The first-order chi connectivity index (χ1) is 9.01. The molecule has 102 valence electrons. The molecule has 6 heteroatoms. The number of nitrogens with zero attached hydrogens (tertiary/aromatic N) is 2. The average molecular weight is 282 g/mol. The molecule has 2 N–H and O–H groups in total. The van der Waals surface area contributed by atoms with Crippen molar-refractivity contribution in [1.82, 2.24) is 9.78 Å². The van der Waals surface area contributed by atoms with Gasteiger partial charge in [-0.15, -0.1) is 0 Å².